The summed E-state index contributed by atoms with van der Waals surface area (Å²) in [4.78, 5) is 15.7. The van der Waals surface area contributed by atoms with Crippen molar-refractivity contribution in [1.82, 2.24) is 19.5 Å². The first-order valence-corrected chi connectivity index (χ1v) is 18.3. The molecule has 0 fully saturated rings. The van der Waals surface area contributed by atoms with Gasteiger partial charge in [-0.25, -0.2) is 15.0 Å². The van der Waals surface area contributed by atoms with Crippen LogP contribution in [0, 0.1) is 0 Å². The van der Waals surface area contributed by atoms with Crippen LogP contribution < -0.4 is 0 Å². The van der Waals surface area contributed by atoms with Crippen LogP contribution in [0.15, 0.2) is 170 Å². The van der Waals surface area contributed by atoms with Crippen molar-refractivity contribution >= 4 is 74.9 Å². The lowest BCUT2D eigenvalue weighted by molar-refractivity contribution is 1.07. The second-order valence-electron chi connectivity index (χ2n) is 13.2. The topological polar surface area (TPSA) is 43.6 Å². The second-order valence-corrected chi connectivity index (χ2v) is 14.3. The molecule has 0 aliphatic rings. The minimum atomic E-state index is 0.631. The maximum absolute atomic E-state index is 5.33. The van der Waals surface area contributed by atoms with E-state index in [1.165, 1.54) is 41.7 Å². The average Bonchev–Trinajstić information content (AvgIpc) is 3.76. The standard InChI is InChI=1S/C47H28N4S/c1-2-13-30(14-3-1)45-48-46(33-23-25-43-37(27-33)35-18-9-11-21-42(35)52-43)50-47(49-45)38-26-31-15-4-5-16-32(31)28-41(38)51-39-20-10-8-19-36(39)44-34-17-7-6-12-29(34)22-24-40(44)51/h1-28H. The Morgan fingerprint density at radius 1 is 0.385 bits per heavy atom. The second kappa shape index (κ2) is 11.4. The Hall–Kier alpha value is -6.69. The molecule has 242 valence electrons. The lowest BCUT2D eigenvalue weighted by Crippen LogP contribution is -2.04. The summed E-state index contributed by atoms with van der Waals surface area (Å²) in [7, 11) is 0. The van der Waals surface area contributed by atoms with Crippen LogP contribution in [-0.2, 0) is 0 Å². The summed E-state index contributed by atoms with van der Waals surface area (Å²) >= 11 is 1.81. The molecule has 8 aromatic carbocycles. The van der Waals surface area contributed by atoms with E-state index in [-0.39, 0.29) is 0 Å². The number of rotatable bonds is 4. The average molecular weight is 681 g/mol. The van der Waals surface area contributed by atoms with Crippen LogP contribution in [0.2, 0.25) is 0 Å². The van der Waals surface area contributed by atoms with Crippen LogP contribution in [0.5, 0.6) is 0 Å². The third-order valence-corrected chi connectivity index (χ3v) is 11.4. The number of nitrogens with zero attached hydrogens (tertiary/aromatic N) is 4. The van der Waals surface area contributed by atoms with Crippen molar-refractivity contribution in [3.63, 3.8) is 0 Å². The van der Waals surface area contributed by atoms with Gasteiger partial charge in [0.15, 0.2) is 17.5 Å². The lowest BCUT2D eigenvalue weighted by Gasteiger charge is -2.16. The Bertz CT molecular complexity index is 3190. The van der Waals surface area contributed by atoms with E-state index in [0.717, 1.165) is 44.2 Å². The van der Waals surface area contributed by atoms with Crippen LogP contribution in [0.1, 0.15) is 0 Å². The van der Waals surface area contributed by atoms with Crippen molar-refractivity contribution in [1.29, 1.82) is 0 Å². The fourth-order valence-electron chi connectivity index (χ4n) is 7.80. The monoisotopic (exact) mass is 680 g/mol. The molecule has 0 saturated carbocycles. The molecule has 0 saturated heterocycles. The molecule has 52 heavy (non-hydrogen) atoms. The Labute approximate surface area is 302 Å². The maximum atomic E-state index is 5.33. The molecule has 3 aromatic heterocycles. The van der Waals surface area contributed by atoms with Crippen LogP contribution >= 0.6 is 11.3 Å². The SMILES string of the molecule is c1ccc(-c2nc(-c3ccc4sc5ccccc5c4c3)nc(-c3cc4ccccc4cc3-n3c4ccccc4c4c5ccccc5ccc43)n2)cc1. The molecule has 0 N–H and O–H groups in total. The first-order chi connectivity index (χ1) is 25.8. The van der Waals surface area contributed by atoms with E-state index in [2.05, 4.69) is 156 Å². The predicted molar refractivity (Wildman–Crippen MR) is 218 cm³/mol. The Morgan fingerprint density at radius 2 is 1.02 bits per heavy atom. The first kappa shape index (κ1) is 29.1. The highest BCUT2D eigenvalue weighted by Crippen LogP contribution is 2.41. The van der Waals surface area contributed by atoms with Crippen LogP contribution in [-0.4, -0.2) is 19.5 Å². The largest absolute Gasteiger partial charge is 0.308 e. The minimum absolute atomic E-state index is 0.631. The van der Waals surface area contributed by atoms with Crippen molar-refractivity contribution in [2.75, 3.05) is 0 Å². The van der Waals surface area contributed by atoms with E-state index < -0.39 is 0 Å². The molecule has 0 radical (unpaired) electrons. The summed E-state index contributed by atoms with van der Waals surface area (Å²) in [5.74, 6) is 1.92. The van der Waals surface area contributed by atoms with Crippen molar-refractivity contribution in [2.24, 2.45) is 0 Å². The van der Waals surface area contributed by atoms with E-state index >= 15 is 0 Å². The zero-order valence-electron chi connectivity index (χ0n) is 27.9. The van der Waals surface area contributed by atoms with Gasteiger partial charge in [0.05, 0.1) is 16.7 Å². The third-order valence-electron chi connectivity index (χ3n) is 10.2. The summed E-state index contributed by atoms with van der Waals surface area (Å²) in [6.07, 6.45) is 0. The highest BCUT2D eigenvalue weighted by molar-refractivity contribution is 7.25. The zero-order valence-corrected chi connectivity index (χ0v) is 28.7. The molecule has 0 spiro atoms. The molecule has 4 nitrogen and oxygen atoms in total. The van der Waals surface area contributed by atoms with E-state index in [0.29, 0.717) is 17.5 Å². The van der Waals surface area contributed by atoms with E-state index in [1.54, 1.807) is 0 Å². The lowest BCUT2D eigenvalue weighted by atomic mass is 10.0. The van der Waals surface area contributed by atoms with Gasteiger partial charge in [-0.15, -0.1) is 11.3 Å². The minimum Gasteiger partial charge on any atom is -0.308 e. The molecule has 11 aromatic rings. The van der Waals surface area contributed by atoms with Gasteiger partial charge in [-0.1, -0.05) is 121 Å². The van der Waals surface area contributed by atoms with Crippen LogP contribution in [0.4, 0.5) is 0 Å². The van der Waals surface area contributed by atoms with Gasteiger partial charge in [0, 0.05) is 47.6 Å². The normalized spacial score (nSPS) is 11.8. The van der Waals surface area contributed by atoms with Gasteiger partial charge >= 0.3 is 0 Å². The maximum Gasteiger partial charge on any atom is 0.166 e. The van der Waals surface area contributed by atoms with E-state index in [1.807, 2.05) is 29.5 Å². The molecule has 5 heteroatoms. The first-order valence-electron chi connectivity index (χ1n) is 17.4. The number of benzene rings is 8. The van der Waals surface area contributed by atoms with Gasteiger partial charge in [0.2, 0.25) is 0 Å². The van der Waals surface area contributed by atoms with Gasteiger partial charge in [-0.05, 0) is 70.1 Å². The van der Waals surface area contributed by atoms with Crippen molar-refractivity contribution < 1.29 is 0 Å². The molecule has 3 heterocycles. The highest BCUT2D eigenvalue weighted by atomic mass is 32.1. The number of fused-ring (bicyclic) bond motifs is 9. The van der Waals surface area contributed by atoms with E-state index in [4.69, 9.17) is 15.0 Å². The number of aromatic nitrogens is 4. The van der Waals surface area contributed by atoms with Crippen LogP contribution in [0.25, 0.3) is 103 Å². The van der Waals surface area contributed by atoms with Gasteiger partial charge in [0.25, 0.3) is 0 Å². The van der Waals surface area contributed by atoms with E-state index in [9.17, 15) is 0 Å². The Balaban J connectivity index is 1.23. The summed E-state index contributed by atoms with van der Waals surface area (Å²) in [6, 6.07) is 60.3. The van der Waals surface area contributed by atoms with Crippen molar-refractivity contribution in [3.8, 4) is 39.9 Å². The summed E-state index contributed by atoms with van der Waals surface area (Å²) in [5, 5.41) is 9.66. The molecule has 0 amide bonds. The highest BCUT2D eigenvalue weighted by Gasteiger charge is 2.21. The summed E-state index contributed by atoms with van der Waals surface area (Å²) in [6.45, 7) is 0. The molecule has 0 atom stereocenters. The zero-order chi connectivity index (χ0) is 34.2. The van der Waals surface area contributed by atoms with Gasteiger partial charge < -0.3 is 4.57 Å². The Morgan fingerprint density at radius 3 is 1.87 bits per heavy atom. The molecule has 0 aliphatic carbocycles. The fraction of sp³-hybridized carbons (Fsp3) is 0. The molecular formula is C47H28N4S. The van der Waals surface area contributed by atoms with Crippen LogP contribution in [0.3, 0.4) is 0 Å². The quantitative estimate of drug-likeness (QED) is 0.186. The van der Waals surface area contributed by atoms with Crippen molar-refractivity contribution in [3.05, 3.63) is 170 Å². The van der Waals surface area contributed by atoms with Crippen molar-refractivity contribution in [2.45, 2.75) is 0 Å². The summed E-state index contributed by atoms with van der Waals surface area (Å²) < 4.78 is 4.92. The molecule has 0 bridgehead atoms. The smallest absolute Gasteiger partial charge is 0.166 e. The van der Waals surface area contributed by atoms with Gasteiger partial charge in [-0.2, -0.15) is 0 Å². The number of para-hydroxylation sites is 1. The third kappa shape index (κ3) is 4.50. The summed E-state index contributed by atoms with van der Waals surface area (Å²) in [5.41, 5.74) is 6.15. The number of hydrogen-bond donors (Lipinski definition) is 0. The molecular weight excluding hydrogens is 653 g/mol. The van der Waals surface area contributed by atoms with Gasteiger partial charge in [0.1, 0.15) is 0 Å². The number of hydrogen-bond acceptors (Lipinski definition) is 4. The molecule has 0 aliphatic heterocycles. The number of thiophene rings is 1. The fourth-order valence-corrected chi connectivity index (χ4v) is 8.88. The molecule has 0 unspecified atom stereocenters. The van der Waals surface area contributed by atoms with Gasteiger partial charge in [-0.3, -0.25) is 0 Å². The Kier molecular flexibility index (Phi) is 6.39. The molecule has 11 rings (SSSR count). The predicted octanol–water partition coefficient (Wildman–Crippen LogP) is 12.6.